The highest BCUT2D eigenvalue weighted by Crippen LogP contribution is 2.39. The summed E-state index contributed by atoms with van der Waals surface area (Å²) in [7, 11) is 0. The highest BCUT2D eigenvalue weighted by Gasteiger charge is 2.44. The van der Waals surface area contributed by atoms with Crippen molar-refractivity contribution in [2.45, 2.75) is 44.4 Å². The molecule has 1 heterocycles. The zero-order valence-corrected chi connectivity index (χ0v) is 14.6. The molecule has 1 aliphatic heterocycles. The van der Waals surface area contributed by atoms with E-state index in [1.165, 1.54) is 19.1 Å². The first-order chi connectivity index (χ1) is 12.3. The molecule has 3 unspecified atom stereocenters. The van der Waals surface area contributed by atoms with E-state index in [0.717, 1.165) is 12.1 Å². The number of alkyl halides is 3. The summed E-state index contributed by atoms with van der Waals surface area (Å²) in [5, 5.41) is 6.12. The Hall–Kier alpha value is -2.24. The Balaban J connectivity index is 1.80. The van der Waals surface area contributed by atoms with Gasteiger partial charge >= 0.3 is 6.18 Å². The van der Waals surface area contributed by atoms with Crippen LogP contribution in [0.4, 0.5) is 13.2 Å². The second kappa shape index (κ2) is 7.56. The maximum atomic E-state index is 13.5. The number of carbonyl (C=O) groups is 1. The highest BCUT2D eigenvalue weighted by molar-refractivity contribution is 5.73. The van der Waals surface area contributed by atoms with E-state index >= 15 is 0 Å². The van der Waals surface area contributed by atoms with Crippen LogP contribution >= 0.6 is 0 Å². The molecule has 0 saturated heterocycles. The molecular formula is C20H23F3N2O. The first-order valence-electron chi connectivity index (χ1n) is 8.86. The Labute approximate surface area is 151 Å². The SMILES string of the molecule is CC(=O)N[C@H](CC1C=CC2CC=CC=C2N1)C1=CC=CCC1C(F)(F)F. The van der Waals surface area contributed by atoms with Gasteiger partial charge in [-0.15, -0.1) is 0 Å². The molecule has 3 aliphatic rings. The van der Waals surface area contributed by atoms with Gasteiger partial charge in [0.05, 0.1) is 12.0 Å². The summed E-state index contributed by atoms with van der Waals surface area (Å²) in [4.78, 5) is 11.6. The summed E-state index contributed by atoms with van der Waals surface area (Å²) in [5.41, 5.74) is 1.30. The van der Waals surface area contributed by atoms with Gasteiger partial charge in [-0.1, -0.05) is 42.5 Å². The minimum Gasteiger partial charge on any atom is -0.382 e. The first-order valence-corrected chi connectivity index (χ1v) is 8.86. The number of fused-ring (bicyclic) bond motifs is 1. The lowest BCUT2D eigenvalue weighted by Gasteiger charge is -2.35. The van der Waals surface area contributed by atoms with E-state index in [1.54, 1.807) is 6.08 Å². The van der Waals surface area contributed by atoms with Crippen LogP contribution in [-0.2, 0) is 4.79 Å². The Morgan fingerprint density at radius 3 is 2.69 bits per heavy atom. The molecule has 1 amide bonds. The number of amides is 1. The number of halogens is 3. The molecule has 26 heavy (non-hydrogen) atoms. The van der Waals surface area contributed by atoms with Gasteiger partial charge in [-0.25, -0.2) is 0 Å². The Kier molecular flexibility index (Phi) is 5.39. The highest BCUT2D eigenvalue weighted by atomic mass is 19.4. The van der Waals surface area contributed by atoms with Crippen molar-refractivity contribution < 1.29 is 18.0 Å². The minimum atomic E-state index is -4.33. The average molecular weight is 364 g/mol. The molecule has 3 rings (SSSR count). The summed E-state index contributed by atoms with van der Waals surface area (Å²) in [5.74, 6) is -1.58. The second-order valence-corrected chi connectivity index (χ2v) is 6.94. The van der Waals surface area contributed by atoms with Crippen LogP contribution in [0.5, 0.6) is 0 Å². The third kappa shape index (κ3) is 4.29. The average Bonchev–Trinajstić information content (AvgIpc) is 2.60. The predicted octanol–water partition coefficient (Wildman–Crippen LogP) is 3.93. The molecule has 0 aromatic rings. The van der Waals surface area contributed by atoms with E-state index in [0.29, 0.717) is 12.3 Å². The molecule has 3 nitrogen and oxygen atoms in total. The van der Waals surface area contributed by atoms with Gasteiger partial charge in [-0.3, -0.25) is 4.79 Å². The standard InChI is InChI=1S/C20H23F3N2O/c1-13(26)24-19(16-7-3-4-8-17(16)20(21,22)23)12-15-11-10-14-6-2-5-9-18(14)25-15/h2-5,7,9-11,14-15,17,19,25H,6,8,12H2,1H3,(H,24,26)/t14?,15?,17?,19-/m1/s1. The van der Waals surface area contributed by atoms with Gasteiger partial charge in [0.15, 0.2) is 0 Å². The summed E-state index contributed by atoms with van der Waals surface area (Å²) in [6.07, 6.45) is 11.7. The lowest BCUT2D eigenvalue weighted by Crippen LogP contribution is -2.45. The van der Waals surface area contributed by atoms with Crippen molar-refractivity contribution in [3.8, 4) is 0 Å². The van der Waals surface area contributed by atoms with Crippen molar-refractivity contribution in [3.05, 3.63) is 59.9 Å². The van der Waals surface area contributed by atoms with E-state index in [2.05, 4.69) is 22.8 Å². The maximum absolute atomic E-state index is 13.5. The fraction of sp³-hybridized carbons (Fsp3) is 0.450. The normalized spacial score (nSPS) is 28.5. The van der Waals surface area contributed by atoms with Crippen molar-refractivity contribution in [1.82, 2.24) is 10.6 Å². The molecule has 0 radical (unpaired) electrons. The zero-order chi connectivity index (χ0) is 18.7. The van der Waals surface area contributed by atoms with Crippen LogP contribution in [0.25, 0.3) is 0 Å². The van der Waals surface area contributed by atoms with Gasteiger partial charge in [0.2, 0.25) is 5.91 Å². The predicted molar refractivity (Wildman–Crippen MR) is 95.0 cm³/mol. The van der Waals surface area contributed by atoms with E-state index < -0.39 is 18.1 Å². The largest absolute Gasteiger partial charge is 0.395 e. The fourth-order valence-electron chi connectivity index (χ4n) is 3.76. The lowest BCUT2D eigenvalue weighted by atomic mass is 9.82. The third-order valence-corrected chi connectivity index (χ3v) is 4.99. The van der Waals surface area contributed by atoms with Gasteiger partial charge in [0.1, 0.15) is 0 Å². The van der Waals surface area contributed by atoms with Crippen molar-refractivity contribution in [1.29, 1.82) is 0 Å². The van der Waals surface area contributed by atoms with Crippen molar-refractivity contribution in [3.63, 3.8) is 0 Å². The number of rotatable bonds is 4. The summed E-state index contributed by atoms with van der Waals surface area (Å²) in [6, 6.07) is -0.788. The van der Waals surface area contributed by atoms with Crippen LogP contribution in [-0.4, -0.2) is 24.2 Å². The minimum absolute atomic E-state index is 0.0859. The molecule has 6 heteroatoms. The first kappa shape index (κ1) is 18.5. The van der Waals surface area contributed by atoms with Crippen LogP contribution in [0.2, 0.25) is 0 Å². The zero-order valence-electron chi connectivity index (χ0n) is 14.6. The number of nitrogens with one attached hydrogen (secondary N) is 2. The number of hydrogen-bond donors (Lipinski definition) is 2. The summed E-state index contributed by atoms with van der Waals surface area (Å²) < 4.78 is 40.4. The number of hydrogen-bond acceptors (Lipinski definition) is 2. The number of allylic oxidation sites excluding steroid dienone is 7. The van der Waals surface area contributed by atoms with Gasteiger partial charge in [-0.2, -0.15) is 13.2 Å². The molecule has 0 bridgehead atoms. The summed E-state index contributed by atoms with van der Waals surface area (Å²) >= 11 is 0. The Bertz CT molecular complexity index is 700. The molecule has 4 atom stereocenters. The molecule has 2 N–H and O–H groups in total. The van der Waals surface area contributed by atoms with Gasteiger partial charge in [0.25, 0.3) is 0 Å². The molecule has 0 saturated carbocycles. The summed E-state index contributed by atoms with van der Waals surface area (Å²) in [6.45, 7) is 1.34. The molecule has 140 valence electrons. The molecule has 0 aromatic heterocycles. The maximum Gasteiger partial charge on any atom is 0.395 e. The second-order valence-electron chi connectivity index (χ2n) is 6.94. The van der Waals surface area contributed by atoms with Crippen molar-refractivity contribution >= 4 is 5.91 Å². The molecule has 2 aliphatic carbocycles. The van der Waals surface area contributed by atoms with Crippen molar-refractivity contribution in [2.75, 3.05) is 0 Å². The van der Waals surface area contributed by atoms with Gasteiger partial charge < -0.3 is 10.6 Å². The topological polar surface area (TPSA) is 41.1 Å². The van der Waals surface area contributed by atoms with Crippen LogP contribution in [0.15, 0.2) is 59.9 Å². The van der Waals surface area contributed by atoms with Crippen LogP contribution < -0.4 is 10.6 Å². The van der Waals surface area contributed by atoms with Crippen LogP contribution in [0.3, 0.4) is 0 Å². The quantitative estimate of drug-likeness (QED) is 0.742. The van der Waals surface area contributed by atoms with E-state index in [4.69, 9.17) is 0 Å². The third-order valence-electron chi connectivity index (χ3n) is 4.99. The lowest BCUT2D eigenvalue weighted by molar-refractivity contribution is -0.165. The Morgan fingerprint density at radius 1 is 1.23 bits per heavy atom. The molecule has 0 aromatic carbocycles. The van der Waals surface area contributed by atoms with Gasteiger partial charge in [-0.05, 0) is 30.9 Å². The van der Waals surface area contributed by atoms with E-state index in [9.17, 15) is 18.0 Å². The molecule has 0 fully saturated rings. The molecular weight excluding hydrogens is 341 g/mol. The smallest absolute Gasteiger partial charge is 0.382 e. The van der Waals surface area contributed by atoms with E-state index in [1.807, 2.05) is 18.2 Å². The monoisotopic (exact) mass is 364 g/mol. The van der Waals surface area contributed by atoms with Crippen LogP contribution in [0, 0.1) is 11.8 Å². The van der Waals surface area contributed by atoms with Crippen LogP contribution in [0.1, 0.15) is 26.2 Å². The van der Waals surface area contributed by atoms with Gasteiger partial charge in [0, 0.05) is 24.6 Å². The van der Waals surface area contributed by atoms with Crippen molar-refractivity contribution in [2.24, 2.45) is 11.8 Å². The molecule has 0 spiro atoms. The van der Waals surface area contributed by atoms with E-state index in [-0.39, 0.29) is 23.9 Å². The fourth-order valence-corrected chi connectivity index (χ4v) is 3.76. The Morgan fingerprint density at radius 2 is 1.96 bits per heavy atom. The number of carbonyl (C=O) groups excluding carboxylic acids is 1.